The lowest BCUT2D eigenvalue weighted by atomic mass is 10.1. The molecule has 2 rings (SSSR count). The Labute approximate surface area is 138 Å². The standard InChI is InChI=1S/C16H17N3O3S/c1-11(12-6-4-7-13(10-12)19(21)22)18(2)16(20)14-8-5-9-17-15(14)23-3/h4-11H,1-3H3. The van der Waals surface area contributed by atoms with E-state index < -0.39 is 4.92 Å². The third kappa shape index (κ3) is 3.68. The van der Waals surface area contributed by atoms with Crippen molar-refractivity contribution in [2.24, 2.45) is 0 Å². The molecule has 0 spiro atoms. The smallest absolute Gasteiger partial charge is 0.269 e. The van der Waals surface area contributed by atoms with Gasteiger partial charge in [0.15, 0.2) is 0 Å². The van der Waals surface area contributed by atoms with Crippen LogP contribution in [0.5, 0.6) is 0 Å². The Morgan fingerprint density at radius 3 is 2.74 bits per heavy atom. The van der Waals surface area contributed by atoms with Crippen LogP contribution < -0.4 is 0 Å². The predicted octanol–water partition coefficient (Wildman–Crippen LogP) is 3.54. The summed E-state index contributed by atoms with van der Waals surface area (Å²) in [5.41, 5.74) is 1.26. The fourth-order valence-corrected chi connectivity index (χ4v) is 2.75. The first-order valence-electron chi connectivity index (χ1n) is 6.96. The lowest BCUT2D eigenvalue weighted by Gasteiger charge is -2.25. The largest absolute Gasteiger partial charge is 0.335 e. The highest BCUT2D eigenvalue weighted by Gasteiger charge is 2.22. The lowest BCUT2D eigenvalue weighted by molar-refractivity contribution is -0.384. The SMILES string of the molecule is CSc1ncccc1C(=O)N(C)C(C)c1cccc([N+](=O)[O-])c1. The molecular weight excluding hydrogens is 314 g/mol. The number of carbonyl (C=O) groups excluding carboxylic acids is 1. The van der Waals surface area contributed by atoms with Gasteiger partial charge in [0.05, 0.1) is 16.5 Å². The van der Waals surface area contributed by atoms with Crippen LogP contribution in [-0.4, -0.2) is 34.0 Å². The van der Waals surface area contributed by atoms with Crippen LogP contribution in [0.15, 0.2) is 47.6 Å². The van der Waals surface area contributed by atoms with E-state index in [-0.39, 0.29) is 17.6 Å². The molecule has 1 atom stereocenters. The van der Waals surface area contributed by atoms with E-state index in [1.165, 1.54) is 23.9 Å². The van der Waals surface area contributed by atoms with Crippen molar-refractivity contribution in [2.75, 3.05) is 13.3 Å². The number of aromatic nitrogens is 1. The summed E-state index contributed by atoms with van der Waals surface area (Å²) >= 11 is 1.41. The van der Waals surface area contributed by atoms with E-state index in [0.29, 0.717) is 16.2 Å². The Morgan fingerprint density at radius 1 is 1.35 bits per heavy atom. The van der Waals surface area contributed by atoms with Crippen LogP contribution in [0.25, 0.3) is 0 Å². The molecule has 0 bridgehead atoms. The summed E-state index contributed by atoms with van der Waals surface area (Å²) < 4.78 is 0. The molecule has 120 valence electrons. The third-order valence-corrected chi connectivity index (χ3v) is 4.37. The van der Waals surface area contributed by atoms with Gasteiger partial charge in [-0.25, -0.2) is 4.98 Å². The van der Waals surface area contributed by atoms with Gasteiger partial charge >= 0.3 is 0 Å². The fourth-order valence-electron chi connectivity index (χ4n) is 2.20. The summed E-state index contributed by atoms with van der Waals surface area (Å²) in [7, 11) is 1.68. The van der Waals surface area contributed by atoms with E-state index in [9.17, 15) is 14.9 Å². The van der Waals surface area contributed by atoms with Crippen molar-refractivity contribution in [2.45, 2.75) is 18.0 Å². The highest BCUT2D eigenvalue weighted by molar-refractivity contribution is 7.98. The number of thioether (sulfide) groups is 1. The summed E-state index contributed by atoms with van der Waals surface area (Å²) in [4.78, 5) is 28.9. The first-order valence-corrected chi connectivity index (χ1v) is 8.18. The maximum atomic E-state index is 12.7. The highest BCUT2D eigenvalue weighted by atomic mass is 32.2. The van der Waals surface area contributed by atoms with Gasteiger partial charge < -0.3 is 4.90 Å². The number of benzene rings is 1. The molecule has 0 fully saturated rings. The monoisotopic (exact) mass is 331 g/mol. The average molecular weight is 331 g/mol. The maximum absolute atomic E-state index is 12.7. The maximum Gasteiger partial charge on any atom is 0.269 e. The van der Waals surface area contributed by atoms with Gasteiger partial charge in [0.2, 0.25) is 0 Å². The number of non-ortho nitro benzene ring substituents is 1. The molecule has 2 aromatic rings. The number of nitrogens with zero attached hydrogens (tertiary/aromatic N) is 3. The molecule has 0 aliphatic rings. The summed E-state index contributed by atoms with van der Waals surface area (Å²) in [6, 6.07) is 9.49. The Kier molecular flexibility index (Phi) is 5.33. The Morgan fingerprint density at radius 2 is 2.09 bits per heavy atom. The van der Waals surface area contributed by atoms with Gasteiger partial charge in [0.25, 0.3) is 11.6 Å². The molecular formula is C16H17N3O3S. The average Bonchev–Trinajstić information content (AvgIpc) is 2.59. The van der Waals surface area contributed by atoms with Crippen LogP contribution >= 0.6 is 11.8 Å². The second-order valence-corrected chi connectivity index (χ2v) is 5.80. The molecule has 23 heavy (non-hydrogen) atoms. The van der Waals surface area contributed by atoms with Crippen LogP contribution in [0.4, 0.5) is 5.69 Å². The molecule has 6 nitrogen and oxygen atoms in total. The number of pyridine rings is 1. The van der Waals surface area contributed by atoms with Gasteiger partial charge in [-0.2, -0.15) is 0 Å². The zero-order valence-electron chi connectivity index (χ0n) is 13.1. The van der Waals surface area contributed by atoms with Gasteiger partial charge in [-0.05, 0) is 30.9 Å². The third-order valence-electron chi connectivity index (χ3n) is 3.66. The zero-order chi connectivity index (χ0) is 17.0. The molecule has 7 heteroatoms. The van der Waals surface area contributed by atoms with Crippen LogP contribution in [0, 0.1) is 10.1 Å². The molecule has 0 radical (unpaired) electrons. The predicted molar refractivity (Wildman–Crippen MR) is 89.6 cm³/mol. The molecule has 0 saturated heterocycles. The second kappa shape index (κ2) is 7.23. The summed E-state index contributed by atoms with van der Waals surface area (Å²) in [5.74, 6) is -0.165. The number of amides is 1. The number of hydrogen-bond donors (Lipinski definition) is 0. The second-order valence-electron chi connectivity index (χ2n) is 5.00. The topological polar surface area (TPSA) is 76.3 Å². The molecule has 1 aromatic heterocycles. The molecule has 0 saturated carbocycles. The van der Waals surface area contributed by atoms with Gasteiger partial charge in [0, 0.05) is 25.4 Å². The van der Waals surface area contributed by atoms with Gasteiger partial charge in [-0.15, -0.1) is 11.8 Å². The fraction of sp³-hybridized carbons (Fsp3) is 0.250. The van der Waals surface area contributed by atoms with Crippen LogP contribution in [-0.2, 0) is 0 Å². The van der Waals surface area contributed by atoms with E-state index in [1.807, 2.05) is 13.2 Å². The molecule has 1 heterocycles. The molecule has 1 unspecified atom stereocenters. The number of rotatable bonds is 5. The minimum absolute atomic E-state index is 0.0152. The lowest BCUT2D eigenvalue weighted by Crippen LogP contribution is -2.30. The first-order chi connectivity index (χ1) is 11.0. The van der Waals surface area contributed by atoms with Crippen molar-refractivity contribution in [1.29, 1.82) is 0 Å². The summed E-state index contributed by atoms with van der Waals surface area (Å²) in [5, 5.41) is 11.6. The minimum atomic E-state index is -0.439. The minimum Gasteiger partial charge on any atom is -0.335 e. The van der Waals surface area contributed by atoms with Gasteiger partial charge in [0.1, 0.15) is 5.03 Å². The normalized spacial score (nSPS) is 11.8. The Hall–Kier alpha value is -2.41. The zero-order valence-corrected chi connectivity index (χ0v) is 13.9. The van der Waals surface area contributed by atoms with Crippen LogP contribution in [0.1, 0.15) is 28.9 Å². The molecule has 0 N–H and O–H groups in total. The van der Waals surface area contributed by atoms with Crippen LogP contribution in [0.3, 0.4) is 0 Å². The van der Waals surface area contributed by atoms with Crippen molar-refractivity contribution in [1.82, 2.24) is 9.88 Å². The van der Waals surface area contributed by atoms with Crippen molar-refractivity contribution < 1.29 is 9.72 Å². The number of nitro groups is 1. The first kappa shape index (κ1) is 17.0. The van der Waals surface area contributed by atoms with Crippen LogP contribution in [0.2, 0.25) is 0 Å². The van der Waals surface area contributed by atoms with Crippen molar-refractivity contribution in [3.63, 3.8) is 0 Å². The molecule has 1 amide bonds. The van der Waals surface area contributed by atoms with Crippen molar-refractivity contribution in [3.05, 3.63) is 63.8 Å². The highest BCUT2D eigenvalue weighted by Crippen LogP contribution is 2.26. The van der Waals surface area contributed by atoms with E-state index in [4.69, 9.17) is 0 Å². The molecule has 0 aliphatic heterocycles. The number of carbonyl (C=O) groups is 1. The Bertz CT molecular complexity index is 736. The van der Waals surface area contributed by atoms with Gasteiger partial charge in [-0.1, -0.05) is 12.1 Å². The Balaban J connectivity index is 2.28. The van der Waals surface area contributed by atoms with E-state index >= 15 is 0 Å². The van der Waals surface area contributed by atoms with E-state index in [0.717, 1.165) is 0 Å². The summed E-state index contributed by atoms with van der Waals surface area (Å²) in [6.07, 6.45) is 3.51. The molecule has 0 aliphatic carbocycles. The molecule has 1 aromatic carbocycles. The van der Waals surface area contributed by atoms with Gasteiger partial charge in [-0.3, -0.25) is 14.9 Å². The van der Waals surface area contributed by atoms with E-state index in [2.05, 4.69) is 4.98 Å². The van der Waals surface area contributed by atoms with Crippen molar-refractivity contribution in [3.8, 4) is 0 Å². The quantitative estimate of drug-likeness (QED) is 0.476. The number of hydrogen-bond acceptors (Lipinski definition) is 5. The summed E-state index contributed by atoms with van der Waals surface area (Å²) in [6.45, 7) is 1.84. The van der Waals surface area contributed by atoms with Crippen molar-refractivity contribution >= 4 is 23.4 Å². The van der Waals surface area contributed by atoms with E-state index in [1.54, 1.807) is 42.4 Å². The number of nitro benzene ring substituents is 1.